The molecule has 5 aromatic rings. The van der Waals surface area contributed by atoms with E-state index in [0.717, 1.165) is 90.9 Å². The Morgan fingerprint density at radius 3 is 2.46 bits per heavy atom. The van der Waals surface area contributed by atoms with Crippen LogP contribution >= 0.6 is 0 Å². The molecular weight excluding hydrogens is 709 g/mol. The first-order valence-electron chi connectivity index (χ1n) is 19.5. The minimum Gasteiger partial charge on any atom is -0.484 e. The summed E-state index contributed by atoms with van der Waals surface area (Å²) in [6.07, 6.45) is 6.89. The monoisotopic (exact) mass is 764 g/mol. The Bertz CT molecular complexity index is 2100. The van der Waals surface area contributed by atoms with Crippen LogP contribution in [0, 0.1) is 0 Å². The highest BCUT2D eigenvalue weighted by Gasteiger charge is 2.31. The van der Waals surface area contributed by atoms with Gasteiger partial charge in [0.2, 0.25) is 5.95 Å². The van der Waals surface area contributed by atoms with E-state index in [-0.39, 0.29) is 30.1 Å². The van der Waals surface area contributed by atoms with E-state index in [2.05, 4.69) is 113 Å². The molecule has 14 heteroatoms. The van der Waals surface area contributed by atoms with Crippen molar-refractivity contribution in [2.45, 2.75) is 83.4 Å². The number of aromatic nitrogens is 5. The van der Waals surface area contributed by atoms with Gasteiger partial charge in [-0.1, -0.05) is 51.1 Å². The second-order valence-electron chi connectivity index (χ2n) is 16.0. The predicted molar refractivity (Wildman–Crippen MR) is 220 cm³/mol. The Morgan fingerprint density at radius 1 is 0.964 bits per heavy atom. The summed E-state index contributed by atoms with van der Waals surface area (Å²) in [5, 5.41) is 27.3. The van der Waals surface area contributed by atoms with Crippen molar-refractivity contribution >= 4 is 35.6 Å². The molecule has 2 aliphatic rings. The number of pyridine rings is 1. The first-order valence-corrected chi connectivity index (χ1v) is 19.5. The Balaban J connectivity index is 0.00000172. The van der Waals surface area contributed by atoms with Crippen LogP contribution in [-0.4, -0.2) is 93.7 Å². The van der Waals surface area contributed by atoms with Gasteiger partial charge in [-0.25, -0.2) is 9.48 Å². The van der Waals surface area contributed by atoms with Gasteiger partial charge in [0, 0.05) is 49.9 Å². The van der Waals surface area contributed by atoms with Crippen molar-refractivity contribution in [3.05, 3.63) is 89.7 Å². The standard InChI is InChI=1S/C41H54N10O2.CH2O2/c1-28-13-10-11-22-49(28)40-45-44-37-21-18-31(27-50(37)40)53-35-20-19-34(32-16-8-9-17-33(32)35)42-39(52)43-38-26-36(41(2,3)4)46-51(38)30-15-12-14-29(25-30)48(7)24-23-47(5)6;2-1-3/h8-9,12,14-18,21,25-28,34-35H,10-11,13,19-20,22-24H2,1-7H3,(H2,42,43,52);1H,(H,2,3)/t28-,34-,35+;/m0./s1. The first-order chi connectivity index (χ1) is 26.9. The minimum absolute atomic E-state index is 0.155. The second-order valence-corrected chi connectivity index (χ2v) is 16.0. The molecule has 4 heterocycles. The Labute approximate surface area is 329 Å². The highest BCUT2D eigenvalue weighted by Crippen LogP contribution is 2.39. The van der Waals surface area contributed by atoms with Crippen LogP contribution in [0.2, 0.25) is 0 Å². The summed E-state index contributed by atoms with van der Waals surface area (Å²) in [6.45, 7) is 11.2. The molecule has 1 aliphatic carbocycles. The van der Waals surface area contributed by atoms with E-state index in [9.17, 15) is 4.79 Å². The molecule has 0 radical (unpaired) electrons. The molecule has 56 heavy (non-hydrogen) atoms. The lowest BCUT2D eigenvalue weighted by Gasteiger charge is -2.33. The molecule has 298 valence electrons. The number of fused-ring (bicyclic) bond motifs is 2. The molecule has 2 amide bonds. The summed E-state index contributed by atoms with van der Waals surface area (Å²) in [5.41, 5.74) is 5.60. The van der Waals surface area contributed by atoms with E-state index < -0.39 is 0 Å². The van der Waals surface area contributed by atoms with Crippen molar-refractivity contribution in [1.82, 2.24) is 34.6 Å². The molecule has 3 N–H and O–H groups in total. The third-order valence-electron chi connectivity index (χ3n) is 10.6. The van der Waals surface area contributed by atoms with E-state index in [0.29, 0.717) is 11.9 Å². The third kappa shape index (κ3) is 9.24. The number of piperidine rings is 1. The fraction of sp³-hybridized carbons (Fsp3) is 0.452. The molecule has 0 bridgehead atoms. The average Bonchev–Trinajstić information content (AvgIpc) is 3.80. The molecule has 2 aromatic carbocycles. The van der Waals surface area contributed by atoms with E-state index in [1.807, 2.05) is 53.3 Å². The number of hydrogen-bond acceptors (Lipinski definition) is 9. The van der Waals surface area contributed by atoms with E-state index >= 15 is 0 Å². The lowest BCUT2D eigenvalue weighted by Crippen LogP contribution is -2.38. The SMILES string of the molecule is C[C@H]1CCCCN1c1nnc2ccc(O[C@@H]3CC[C@H](NC(=O)Nc4cc(C(C)(C)C)nn4-c4cccc(N(C)CCN(C)C)c4)c4ccccc43)cn12.O=CO. The number of nitrogens with zero attached hydrogens (tertiary/aromatic N) is 8. The van der Waals surface area contributed by atoms with Gasteiger partial charge in [0.05, 0.1) is 23.6 Å². The molecule has 7 rings (SSSR count). The smallest absolute Gasteiger partial charge is 0.320 e. The van der Waals surface area contributed by atoms with Crippen molar-refractivity contribution in [3.8, 4) is 11.4 Å². The van der Waals surface area contributed by atoms with Crippen LogP contribution in [0.15, 0.2) is 72.9 Å². The summed E-state index contributed by atoms with van der Waals surface area (Å²) < 4.78 is 10.6. The summed E-state index contributed by atoms with van der Waals surface area (Å²) in [4.78, 5) is 28.9. The number of rotatable bonds is 10. The van der Waals surface area contributed by atoms with E-state index in [1.165, 1.54) is 6.42 Å². The number of urea groups is 1. The number of likely N-dealkylation sites (N-methyl/N-ethyl adjacent to an activating group) is 2. The highest BCUT2D eigenvalue weighted by molar-refractivity contribution is 5.89. The van der Waals surface area contributed by atoms with Crippen LogP contribution < -0.4 is 25.2 Å². The Kier molecular flexibility index (Phi) is 12.5. The quantitative estimate of drug-likeness (QED) is 0.126. The van der Waals surface area contributed by atoms with Crippen molar-refractivity contribution in [1.29, 1.82) is 0 Å². The van der Waals surface area contributed by atoms with Crippen molar-refractivity contribution in [2.75, 3.05) is 55.9 Å². The van der Waals surface area contributed by atoms with Gasteiger partial charge in [-0.15, -0.1) is 10.2 Å². The lowest BCUT2D eigenvalue weighted by atomic mass is 9.85. The van der Waals surface area contributed by atoms with E-state index in [1.54, 1.807) is 0 Å². The largest absolute Gasteiger partial charge is 0.484 e. The van der Waals surface area contributed by atoms with Gasteiger partial charge in [-0.2, -0.15) is 5.10 Å². The molecule has 3 atom stereocenters. The number of hydrogen-bond donors (Lipinski definition) is 3. The average molecular weight is 765 g/mol. The number of carbonyl (C=O) groups is 2. The summed E-state index contributed by atoms with van der Waals surface area (Å²) >= 11 is 0. The van der Waals surface area contributed by atoms with Gasteiger partial charge < -0.3 is 29.9 Å². The molecule has 3 aromatic heterocycles. The number of carbonyl (C=O) groups excluding carboxylic acids is 1. The van der Waals surface area contributed by atoms with Crippen LogP contribution in [0.3, 0.4) is 0 Å². The number of amides is 2. The maximum atomic E-state index is 13.8. The zero-order valence-corrected chi connectivity index (χ0v) is 33.6. The van der Waals surface area contributed by atoms with E-state index in [4.69, 9.17) is 19.7 Å². The van der Waals surface area contributed by atoms with Crippen LogP contribution in [0.25, 0.3) is 11.3 Å². The summed E-state index contributed by atoms with van der Waals surface area (Å²) in [7, 11) is 6.25. The Morgan fingerprint density at radius 2 is 1.73 bits per heavy atom. The predicted octanol–water partition coefficient (Wildman–Crippen LogP) is 7.07. The van der Waals surface area contributed by atoms with Gasteiger partial charge in [-0.3, -0.25) is 14.5 Å². The molecule has 1 fully saturated rings. The summed E-state index contributed by atoms with van der Waals surface area (Å²) in [6, 6.07) is 22.4. The number of nitrogens with one attached hydrogen (secondary N) is 2. The fourth-order valence-corrected chi connectivity index (χ4v) is 7.39. The molecule has 1 aliphatic heterocycles. The van der Waals surface area contributed by atoms with Gasteiger partial charge in [0.15, 0.2) is 5.65 Å². The molecular formula is C42H56N10O4. The van der Waals surface area contributed by atoms with Gasteiger partial charge in [-0.05, 0) is 94.6 Å². The topological polar surface area (TPSA) is 145 Å². The van der Waals surface area contributed by atoms with Crippen LogP contribution in [0.1, 0.15) is 88.8 Å². The van der Waals surface area contributed by atoms with Gasteiger partial charge in [0.1, 0.15) is 17.7 Å². The highest BCUT2D eigenvalue weighted by atomic mass is 16.5. The maximum Gasteiger partial charge on any atom is 0.320 e. The molecule has 0 spiro atoms. The second kappa shape index (κ2) is 17.4. The van der Waals surface area contributed by atoms with Crippen molar-refractivity contribution in [2.24, 2.45) is 0 Å². The molecule has 1 saturated heterocycles. The van der Waals surface area contributed by atoms with Gasteiger partial charge in [0.25, 0.3) is 6.47 Å². The van der Waals surface area contributed by atoms with Crippen LogP contribution in [-0.2, 0) is 10.2 Å². The van der Waals surface area contributed by atoms with Crippen LogP contribution in [0.5, 0.6) is 5.75 Å². The normalized spacial score (nSPS) is 18.1. The molecule has 0 unspecified atom stereocenters. The maximum absolute atomic E-state index is 13.8. The third-order valence-corrected chi connectivity index (χ3v) is 10.6. The Hall–Kier alpha value is -5.63. The first kappa shape index (κ1) is 40.0. The van der Waals surface area contributed by atoms with Crippen LogP contribution in [0.4, 0.5) is 22.2 Å². The number of benzene rings is 2. The minimum atomic E-state index is -0.275. The summed E-state index contributed by atoms with van der Waals surface area (Å²) in [5.74, 6) is 2.25. The number of ether oxygens (including phenoxy) is 1. The fourth-order valence-electron chi connectivity index (χ4n) is 7.39. The molecule has 14 nitrogen and oxygen atoms in total. The van der Waals surface area contributed by atoms with Crippen molar-refractivity contribution < 1.29 is 19.4 Å². The molecule has 0 saturated carbocycles. The zero-order chi connectivity index (χ0) is 40.0. The van der Waals surface area contributed by atoms with Crippen molar-refractivity contribution in [3.63, 3.8) is 0 Å². The van der Waals surface area contributed by atoms with Gasteiger partial charge >= 0.3 is 6.03 Å². The number of carboxylic acid groups (broad SMARTS) is 1. The lowest BCUT2D eigenvalue weighted by molar-refractivity contribution is -0.122. The number of anilines is 3. The zero-order valence-electron chi connectivity index (χ0n) is 33.6.